The van der Waals surface area contributed by atoms with Crippen molar-refractivity contribution in [3.05, 3.63) is 46.1 Å². The molecule has 7 rings (SSSR count). The van der Waals surface area contributed by atoms with Crippen LogP contribution in [0.5, 0.6) is 0 Å². The van der Waals surface area contributed by atoms with Gasteiger partial charge in [0.05, 0.1) is 97.9 Å². The third kappa shape index (κ3) is 25.6. The molecule has 0 bridgehead atoms. The lowest BCUT2D eigenvalue weighted by atomic mass is 9.98. The first kappa shape index (κ1) is 80.5. The van der Waals surface area contributed by atoms with Crippen LogP contribution in [0.25, 0.3) is 10.4 Å². The van der Waals surface area contributed by atoms with E-state index in [2.05, 4.69) is 41.0 Å². The molecule has 0 aliphatic carbocycles. The first-order valence-electron chi connectivity index (χ1n) is 33.4. The third-order valence-corrected chi connectivity index (χ3v) is 16.5. The molecule has 7 heterocycles. The Morgan fingerprint density at radius 1 is 0.439 bits per heavy atom. The molecule has 4 fully saturated rings. The van der Waals surface area contributed by atoms with E-state index in [0.29, 0.717) is 68.8 Å². The van der Waals surface area contributed by atoms with E-state index in [1.54, 1.807) is 32.6 Å². The molecule has 98 heavy (non-hydrogen) atoms. The molecule has 3 aromatic rings. The quantitative estimate of drug-likeness (QED) is 0.00851. The second-order valence-electron chi connectivity index (χ2n) is 24.1. The monoisotopic (exact) mass is 1410 g/mol. The molecule has 12 N–H and O–H groups in total. The fourth-order valence-electron chi connectivity index (χ4n) is 11.1. The van der Waals surface area contributed by atoms with Crippen LogP contribution in [-0.2, 0) is 111 Å². The Balaban J connectivity index is 0.968. The number of rotatable bonds is 48. The van der Waals surface area contributed by atoms with Gasteiger partial charge in [-0.3, -0.25) is 18.8 Å². The number of aliphatic hydroxyl groups is 12. The van der Waals surface area contributed by atoms with E-state index < -0.39 is 149 Å². The largest absolute Gasteiger partial charge is 0.454 e. The maximum atomic E-state index is 13.0. The van der Waals surface area contributed by atoms with E-state index in [1.165, 1.54) is 6.92 Å². The van der Waals surface area contributed by atoms with Crippen molar-refractivity contribution in [1.82, 2.24) is 45.0 Å². The number of aryl methyl sites for hydroxylation is 3. The third-order valence-electron chi connectivity index (χ3n) is 16.5. The average molecular weight is 1410 g/mol. The Labute approximate surface area is 565 Å². The van der Waals surface area contributed by atoms with Gasteiger partial charge >= 0.3 is 5.97 Å². The fourth-order valence-corrected chi connectivity index (χ4v) is 11.1. The zero-order valence-electron chi connectivity index (χ0n) is 55.1. The number of carbonyl (C=O) groups excluding carboxylic acids is 1. The summed E-state index contributed by atoms with van der Waals surface area (Å²) in [6.07, 6.45) is -12.3. The van der Waals surface area contributed by atoms with Crippen LogP contribution in [0, 0.1) is 0 Å². The molecule has 0 aromatic carbocycles. The van der Waals surface area contributed by atoms with Crippen molar-refractivity contribution in [3.63, 3.8) is 0 Å². The van der Waals surface area contributed by atoms with Gasteiger partial charge in [0.25, 0.3) is 0 Å². The van der Waals surface area contributed by atoms with E-state index in [9.17, 15) is 66.1 Å². The molecular weight excluding hydrogens is 1310 g/mol. The highest BCUT2D eigenvalue weighted by Crippen LogP contribution is 2.32. The van der Waals surface area contributed by atoms with Crippen molar-refractivity contribution in [2.24, 2.45) is 5.11 Å². The summed E-state index contributed by atoms with van der Waals surface area (Å²) in [6, 6.07) is 0. The van der Waals surface area contributed by atoms with Gasteiger partial charge in [0.2, 0.25) is 0 Å². The number of unbranched alkanes of at least 4 members (excludes halogenated alkanes) is 9. The summed E-state index contributed by atoms with van der Waals surface area (Å²) < 4.78 is 87.8. The predicted molar refractivity (Wildman–Crippen MR) is 327 cm³/mol. The van der Waals surface area contributed by atoms with Gasteiger partial charge in [-0.1, -0.05) is 59.3 Å². The zero-order chi connectivity index (χ0) is 70.2. The van der Waals surface area contributed by atoms with Crippen molar-refractivity contribution < 1.29 is 132 Å². The molecule has 0 amide bonds. The van der Waals surface area contributed by atoms with Crippen LogP contribution < -0.4 is 0 Å². The SMILES string of the molecule is CC(=O)O[C@H]1[C@H](OCCOCCOCCN=[N+]=[N-])O[C@H](COCc2cn(CCCCCCO[C@H]3O[C@H](CO)[C@@H](O)[C@H](O)[C@@H]3O)nn2)[C@H](OCc2cn(CCCCCCO[C@H]3O[C@H](CO)[C@@H](O)[C@H](O)[C@@H]3O)nn2)[C@@H]1OCc1cn(CCCCCCO[C@H]2O[C@H](CO)[C@@H](O)[C@H](O)[C@@H]2O)nn1. The number of azide groups is 1. The summed E-state index contributed by atoms with van der Waals surface area (Å²) in [5, 5.41) is 149. The van der Waals surface area contributed by atoms with Gasteiger partial charge in [-0.2, -0.15) is 0 Å². The molecule has 20 atom stereocenters. The van der Waals surface area contributed by atoms with Crippen LogP contribution in [0.4, 0.5) is 0 Å². The Hall–Kier alpha value is -4.80. The van der Waals surface area contributed by atoms with E-state index in [1.807, 2.05) is 0 Å². The van der Waals surface area contributed by atoms with Crippen LogP contribution in [-0.4, -0.2) is 321 Å². The maximum Gasteiger partial charge on any atom is 0.303 e. The number of carbonyl (C=O) groups is 1. The Kier molecular flexibility index (Phi) is 36.0. The van der Waals surface area contributed by atoms with Gasteiger partial charge in [-0.15, -0.1) is 15.3 Å². The second kappa shape index (κ2) is 43.9. The van der Waals surface area contributed by atoms with E-state index in [4.69, 9.17) is 71.8 Å². The second-order valence-corrected chi connectivity index (χ2v) is 24.1. The van der Waals surface area contributed by atoms with Crippen molar-refractivity contribution >= 4 is 5.97 Å². The summed E-state index contributed by atoms with van der Waals surface area (Å²) in [5.74, 6) is -0.678. The molecule has 39 nitrogen and oxygen atoms in total. The summed E-state index contributed by atoms with van der Waals surface area (Å²) in [6.45, 7) is 2.10. The highest BCUT2D eigenvalue weighted by molar-refractivity contribution is 5.66. The molecular formula is C59H100N12O27. The van der Waals surface area contributed by atoms with Crippen molar-refractivity contribution in [2.75, 3.05) is 85.8 Å². The van der Waals surface area contributed by atoms with Gasteiger partial charge in [-0.05, 0) is 44.1 Å². The summed E-state index contributed by atoms with van der Waals surface area (Å²) in [7, 11) is 0. The average Bonchev–Trinajstić information content (AvgIpc) is 0.903. The fraction of sp³-hybridized carbons (Fsp3) is 0.881. The molecule has 0 radical (unpaired) electrons. The smallest absolute Gasteiger partial charge is 0.303 e. The van der Waals surface area contributed by atoms with Crippen molar-refractivity contribution in [1.29, 1.82) is 0 Å². The van der Waals surface area contributed by atoms with Crippen LogP contribution >= 0.6 is 0 Å². The minimum atomic E-state index is -1.54. The van der Waals surface area contributed by atoms with E-state index >= 15 is 0 Å². The summed E-state index contributed by atoms with van der Waals surface area (Å²) >= 11 is 0. The van der Waals surface area contributed by atoms with Gasteiger partial charge < -0.3 is 128 Å². The molecule has 39 heteroatoms. The molecule has 4 aliphatic heterocycles. The Morgan fingerprint density at radius 3 is 1.23 bits per heavy atom. The van der Waals surface area contributed by atoms with Crippen LogP contribution in [0.2, 0.25) is 0 Å². The van der Waals surface area contributed by atoms with Crippen LogP contribution in [0.15, 0.2) is 23.7 Å². The van der Waals surface area contributed by atoms with Gasteiger partial charge in [0.1, 0.15) is 109 Å². The van der Waals surface area contributed by atoms with Crippen molar-refractivity contribution in [2.45, 2.75) is 246 Å². The standard InChI is InChI=1S/C59H100N12O27/c1-36(75)94-55-54(93-34-39-28-71(68-64-39)17-10-4-7-13-20-90-58-52(84)49(81)46(78)42(31-74)97-58)53(92-33-38-27-70(67-63-38)16-9-3-6-12-19-89-57-51(83)48(80)45(77)41(30-73)96-57)43(98-59(55)91-25-24-86-23-22-85-21-14-61-65-60)35-87-32-37-26-69(66-62-37)15-8-2-5-11-18-88-56-50(82)47(79)44(76)40(29-72)95-56/h26-28,40-59,72-74,76-84H,2-25,29-35H2,1H3/t40-,41-,42-,43-,44-,45-,46-,47+,48+,49+,50+,51+,52+,53+,54+,55-,56+,57+,58+,59-/m1/s1. The molecule has 0 spiro atoms. The van der Waals surface area contributed by atoms with E-state index in [-0.39, 0.29) is 85.8 Å². The first-order valence-corrected chi connectivity index (χ1v) is 33.4. The number of nitrogens with zero attached hydrogens (tertiary/aromatic N) is 12. The van der Waals surface area contributed by atoms with Gasteiger partial charge in [-0.25, -0.2) is 0 Å². The minimum Gasteiger partial charge on any atom is -0.454 e. The lowest BCUT2D eigenvalue weighted by Gasteiger charge is -2.45. The topological polar surface area (TPSA) is 530 Å². The number of aliphatic hydroxyl groups excluding tert-OH is 12. The zero-order valence-corrected chi connectivity index (χ0v) is 55.1. The molecule has 3 aromatic heterocycles. The molecule has 0 saturated carbocycles. The number of hydrogen-bond donors (Lipinski definition) is 12. The number of aromatic nitrogens is 9. The van der Waals surface area contributed by atoms with Gasteiger partial charge in [0.15, 0.2) is 31.3 Å². The normalized spacial score (nSPS) is 30.6. The summed E-state index contributed by atoms with van der Waals surface area (Å²) in [5.41, 5.74) is 9.93. The summed E-state index contributed by atoms with van der Waals surface area (Å²) in [4.78, 5) is 15.7. The predicted octanol–water partition coefficient (Wildman–Crippen LogP) is -3.70. The molecule has 558 valence electrons. The molecule has 4 aliphatic rings. The minimum absolute atomic E-state index is 0.0102. The first-order chi connectivity index (χ1) is 47.5. The Bertz CT molecular complexity index is 2700. The van der Waals surface area contributed by atoms with E-state index in [0.717, 1.165) is 44.9 Å². The van der Waals surface area contributed by atoms with Crippen LogP contribution in [0.1, 0.15) is 101 Å². The number of hydrogen-bond acceptors (Lipinski definition) is 34. The number of esters is 1. The lowest BCUT2D eigenvalue weighted by Crippen LogP contribution is -2.62. The Morgan fingerprint density at radius 2 is 0.816 bits per heavy atom. The van der Waals surface area contributed by atoms with Crippen LogP contribution in [0.3, 0.4) is 0 Å². The highest BCUT2D eigenvalue weighted by atomic mass is 16.7. The number of ether oxygens (including phenoxy) is 14. The highest BCUT2D eigenvalue weighted by Gasteiger charge is 2.51. The molecule has 4 saturated heterocycles. The van der Waals surface area contributed by atoms with Gasteiger partial charge in [0, 0.05) is 57.8 Å². The van der Waals surface area contributed by atoms with Crippen molar-refractivity contribution in [3.8, 4) is 0 Å². The lowest BCUT2D eigenvalue weighted by molar-refractivity contribution is -0.322. The molecule has 0 unspecified atom stereocenters. The maximum absolute atomic E-state index is 13.0.